The molecule has 2 rings (SSSR count). The van der Waals surface area contributed by atoms with Gasteiger partial charge in [-0.15, -0.1) is 0 Å². The van der Waals surface area contributed by atoms with Gasteiger partial charge in [-0.2, -0.15) is 0 Å². The summed E-state index contributed by atoms with van der Waals surface area (Å²) in [4.78, 5) is 0. The molecule has 0 aliphatic heterocycles. The third-order valence-electron chi connectivity index (χ3n) is 4.82. The molecule has 0 unspecified atom stereocenters. The van der Waals surface area contributed by atoms with Gasteiger partial charge >= 0.3 is 130 Å². The Bertz CT molecular complexity index is 513. The molecule has 21 heavy (non-hydrogen) atoms. The second-order valence-electron chi connectivity index (χ2n) is 6.75. The molecular weight excluding hydrogens is 375 g/mol. The van der Waals surface area contributed by atoms with Crippen molar-refractivity contribution >= 4 is 5.92 Å². The van der Waals surface area contributed by atoms with Crippen LogP contribution in [0.2, 0.25) is 13.1 Å². The van der Waals surface area contributed by atoms with Crippen LogP contribution in [0.15, 0.2) is 41.0 Å². The SMILES string of the molecule is C[O][Zr+]([C]1=C(C)C=C(C)C1)([C]1=C(C)C=C(C)C1)[SiH](C)C.[Cl-]. The number of halogens is 1. The van der Waals surface area contributed by atoms with E-state index in [1.807, 2.05) is 7.11 Å². The predicted octanol–water partition coefficient (Wildman–Crippen LogP) is 1.94. The van der Waals surface area contributed by atoms with Crippen LogP contribution in [0.5, 0.6) is 0 Å². The van der Waals surface area contributed by atoms with Crippen molar-refractivity contribution < 1.29 is 35.1 Å². The Labute approximate surface area is 142 Å². The van der Waals surface area contributed by atoms with Gasteiger partial charge in [-0.25, -0.2) is 0 Å². The van der Waals surface area contributed by atoms with Crippen molar-refractivity contribution in [3.63, 3.8) is 0 Å². The van der Waals surface area contributed by atoms with Crippen molar-refractivity contribution in [1.82, 2.24) is 0 Å². The van der Waals surface area contributed by atoms with Crippen molar-refractivity contribution in [3.8, 4) is 0 Å². The topological polar surface area (TPSA) is 9.23 Å². The molecule has 1 nitrogen and oxygen atoms in total. The Morgan fingerprint density at radius 1 is 0.905 bits per heavy atom. The first-order valence-corrected chi connectivity index (χ1v) is 18.2. The fraction of sp³-hybridized carbons (Fsp3) is 0.529. The normalized spacial score (nSPS) is 19.2. The minimum Gasteiger partial charge on any atom is -1.00 e. The van der Waals surface area contributed by atoms with Crippen LogP contribution in [0.4, 0.5) is 0 Å². The van der Waals surface area contributed by atoms with E-state index in [0.717, 1.165) is 0 Å². The molecular formula is C17H28ClOSiZr. The van der Waals surface area contributed by atoms with E-state index < -0.39 is 25.8 Å². The molecule has 0 heterocycles. The third kappa shape index (κ3) is 3.32. The van der Waals surface area contributed by atoms with E-state index in [1.54, 1.807) is 6.56 Å². The summed E-state index contributed by atoms with van der Waals surface area (Å²) in [6.07, 6.45) is 7.14. The molecule has 0 saturated heterocycles. The summed E-state index contributed by atoms with van der Waals surface area (Å²) >= 11 is -2.82. The summed E-state index contributed by atoms with van der Waals surface area (Å²) in [5.41, 5.74) is 6.08. The van der Waals surface area contributed by atoms with Gasteiger partial charge in [0.25, 0.3) is 0 Å². The molecule has 0 saturated carbocycles. The molecule has 0 spiro atoms. The minimum absolute atomic E-state index is 0. The second kappa shape index (κ2) is 7.25. The van der Waals surface area contributed by atoms with Gasteiger partial charge in [0.05, 0.1) is 0 Å². The van der Waals surface area contributed by atoms with Crippen LogP contribution < -0.4 is 12.4 Å². The molecule has 0 atom stereocenters. The number of rotatable bonds is 4. The summed E-state index contributed by atoms with van der Waals surface area (Å²) in [7, 11) is 2.00. The molecule has 0 aromatic rings. The van der Waals surface area contributed by atoms with Crippen LogP contribution in [-0.4, -0.2) is 13.0 Å². The number of hydrogen-bond donors (Lipinski definition) is 0. The fourth-order valence-corrected chi connectivity index (χ4v) is 31.6. The van der Waals surface area contributed by atoms with Crippen molar-refractivity contribution in [2.45, 2.75) is 53.6 Å². The Balaban J connectivity index is 0.00000220. The van der Waals surface area contributed by atoms with Crippen LogP contribution in [-0.2, 0) is 22.7 Å². The van der Waals surface area contributed by atoms with Crippen LogP contribution in [0, 0.1) is 0 Å². The van der Waals surface area contributed by atoms with Gasteiger partial charge in [-0.3, -0.25) is 0 Å². The van der Waals surface area contributed by atoms with Crippen molar-refractivity contribution in [3.05, 3.63) is 41.0 Å². The summed E-state index contributed by atoms with van der Waals surface area (Å²) in [6, 6.07) is 0. The van der Waals surface area contributed by atoms with E-state index in [2.05, 4.69) is 52.9 Å². The average Bonchev–Trinajstić information content (AvgIpc) is 2.84. The van der Waals surface area contributed by atoms with Crippen LogP contribution in [0.25, 0.3) is 0 Å². The monoisotopic (exact) mass is 401 g/mol. The molecule has 0 radical (unpaired) electrons. The zero-order valence-corrected chi connectivity index (χ0v) is 18.8. The van der Waals surface area contributed by atoms with E-state index in [-0.39, 0.29) is 12.4 Å². The van der Waals surface area contributed by atoms with Crippen LogP contribution in [0.3, 0.4) is 0 Å². The zero-order valence-electron chi connectivity index (χ0n) is 14.4. The Hall–Kier alpha value is 0.310. The molecule has 0 N–H and O–H groups in total. The molecule has 0 aromatic heterocycles. The van der Waals surface area contributed by atoms with E-state index in [0.29, 0.717) is 0 Å². The molecule has 4 heteroatoms. The molecule has 117 valence electrons. The minimum atomic E-state index is -2.82. The Morgan fingerprint density at radius 3 is 1.48 bits per heavy atom. The van der Waals surface area contributed by atoms with Gasteiger partial charge in [0.1, 0.15) is 0 Å². The van der Waals surface area contributed by atoms with Gasteiger partial charge in [-0.1, -0.05) is 0 Å². The maximum absolute atomic E-state index is 6.49. The van der Waals surface area contributed by atoms with Gasteiger partial charge in [-0.05, 0) is 0 Å². The first-order valence-electron chi connectivity index (χ1n) is 7.62. The zero-order chi connectivity index (χ0) is 15.1. The van der Waals surface area contributed by atoms with Gasteiger partial charge in [0.15, 0.2) is 0 Å². The molecule has 0 fully saturated rings. The quantitative estimate of drug-likeness (QED) is 0.653. The summed E-state index contributed by atoms with van der Waals surface area (Å²) in [5.74, 6) is -0.854. The standard InChI is InChI=1S/2C7H9.C2H7Si.CH3O.ClH.Zr/c2*1-6-3-4-7(2)5-6;1-3-2;1-2;;/h2*5H,3H2,1-2H3;3H,1-2H3;1H3;1H;/q;;;-1;;+2/p-1. The van der Waals surface area contributed by atoms with E-state index in [9.17, 15) is 0 Å². The smallest absolute Gasteiger partial charge is 1.00 e. The number of hydrogen-bond acceptors (Lipinski definition) is 1. The van der Waals surface area contributed by atoms with Crippen LogP contribution in [0.1, 0.15) is 40.5 Å². The van der Waals surface area contributed by atoms with E-state index in [4.69, 9.17) is 2.81 Å². The largest absolute Gasteiger partial charge is 1.00 e. The predicted molar refractivity (Wildman–Crippen MR) is 88.0 cm³/mol. The second-order valence-corrected chi connectivity index (χ2v) is 30.0. The summed E-state index contributed by atoms with van der Waals surface area (Å²) in [6.45, 7) is 14.2. The third-order valence-corrected chi connectivity index (χ3v) is 32.8. The summed E-state index contributed by atoms with van der Waals surface area (Å²) in [5, 5.41) is 0. The van der Waals surface area contributed by atoms with E-state index in [1.165, 1.54) is 35.1 Å². The Kier molecular flexibility index (Phi) is 6.69. The molecule has 0 amide bonds. The van der Waals surface area contributed by atoms with Gasteiger partial charge in [0.2, 0.25) is 0 Å². The first-order chi connectivity index (χ1) is 9.32. The number of allylic oxidation sites excluding steroid dienone is 8. The average molecular weight is 403 g/mol. The molecule has 2 aliphatic carbocycles. The Morgan fingerprint density at radius 2 is 1.29 bits per heavy atom. The first kappa shape index (κ1) is 19.4. The maximum Gasteiger partial charge on any atom is -1.00 e. The van der Waals surface area contributed by atoms with Crippen molar-refractivity contribution in [2.75, 3.05) is 7.11 Å². The molecule has 2 aliphatic rings. The van der Waals surface area contributed by atoms with Gasteiger partial charge < -0.3 is 12.4 Å². The molecule has 0 bridgehead atoms. The van der Waals surface area contributed by atoms with Crippen molar-refractivity contribution in [2.24, 2.45) is 0 Å². The fourth-order valence-electron chi connectivity index (χ4n) is 4.06. The van der Waals surface area contributed by atoms with Gasteiger partial charge in [0, 0.05) is 0 Å². The van der Waals surface area contributed by atoms with E-state index >= 15 is 0 Å². The molecule has 0 aromatic carbocycles. The summed E-state index contributed by atoms with van der Waals surface area (Å²) < 4.78 is 9.96. The van der Waals surface area contributed by atoms with Crippen molar-refractivity contribution in [1.29, 1.82) is 0 Å². The van der Waals surface area contributed by atoms with Crippen LogP contribution >= 0.6 is 0 Å². The maximum atomic E-state index is 6.49.